The summed E-state index contributed by atoms with van der Waals surface area (Å²) >= 11 is 0. The van der Waals surface area contributed by atoms with E-state index in [-0.39, 0.29) is 0 Å². The maximum Gasteiger partial charge on any atom is 0.140 e. The van der Waals surface area contributed by atoms with Crippen LogP contribution in [0.25, 0.3) is 11.3 Å². The lowest BCUT2D eigenvalue weighted by atomic mass is 10.0. The summed E-state index contributed by atoms with van der Waals surface area (Å²) in [4.78, 5) is 0. The fourth-order valence-electron chi connectivity index (χ4n) is 1.68. The smallest absolute Gasteiger partial charge is 0.140 e. The minimum Gasteiger partial charge on any atom is -0.388 e. The predicted octanol–water partition coefficient (Wildman–Crippen LogP) is 2.70. The van der Waals surface area contributed by atoms with Crippen LogP contribution in [0.2, 0.25) is 0 Å². The molecule has 0 unspecified atom stereocenters. The molecule has 0 aliphatic rings. The van der Waals surface area contributed by atoms with Gasteiger partial charge in [0.2, 0.25) is 0 Å². The van der Waals surface area contributed by atoms with Crippen LogP contribution in [-0.4, -0.2) is 10.3 Å². The molecule has 0 aliphatic carbocycles. The van der Waals surface area contributed by atoms with E-state index in [1.54, 1.807) is 6.92 Å². The van der Waals surface area contributed by atoms with E-state index in [2.05, 4.69) is 5.16 Å². The van der Waals surface area contributed by atoms with Gasteiger partial charge in [0.15, 0.2) is 0 Å². The normalized spacial score (nSPS) is 12.7. The lowest BCUT2D eigenvalue weighted by molar-refractivity contribution is 0.197. The van der Waals surface area contributed by atoms with Crippen LogP contribution in [0, 0.1) is 6.92 Å². The summed E-state index contributed by atoms with van der Waals surface area (Å²) in [6.07, 6.45) is -0.563. The predicted molar refractivity (Wildman–Crippen MR) is 57.3 cm³/mol. The van der Waals surface area contributed by atoms with Crippen molar-refractivity contribution in [2.45, 2.75) is 20.0 Å². The summed E-state index contributed by atoms with van der Waals surface area (Å²) in [6, 6.07) is 9.71. The maximum atomic E-state index is 9.64. The number of rotatable bonds is 2. The Morgan fingerprint density at radius 3 is 2.53 bits per heavy atom. The number of aryl methyl sites for hydroxylation is 1. The number of benzene rings is 1. The van der Waals surface area contributed by atoms with Gasteiger partial charge in [-0.05, 0) is 13.8 Å². The summed E-state index contributed by atoms with van der Waals surface area (Å²) in [6.45, 7) is 3.52. The van der Waals surface area contributed by atoms with Crippen LogP contribution >= 0.6 is 0 Å². The molecule has 0 fully saturated rings. The number of hydrogen-bond acceptors (Lipinski definition) is 3. The van der Waals surface area contributed by atoms with Crippen LogP contribution in [0.15, 0.2) is 34.9 Å². The molecule has 0 saturated carbocycles. The number of aromatic nitrogens is 1. The second kappa shape index (κ2) is 3.87. The molecule has 2 aromatic rings. The SMILES string of the molecule is Cc1onc(-c2ccccc2)c1[C@@H](C)O. The molecule has 2 rings (SSSR count). The molecule has 15 heavy (non-hydrogen) atoms. The van der Waals surface area contributed by atoms with Gasteiger partial charge in [-0.15, -0.1) is 0 Å². The van der Waals surface area contributed by atoms with Crippen LogP contribution in [-0.2, 0) is 0 Å². The van der Waals surface area contributed by atoms with Gasteiger partial charge in [-0.2, -0.15) is 0 Å². The summed E-state index contributed by atoms with van der Waals surface area (Å²) in [5.74, 6) is 0.670. The van der Waals surface area contributed by atoms with Crippen molar-refractivity contribution in [2.75, 3.05) is 0 Å². The van der Waals surface area contributed by atoms with Crippen molar-refractivity contribution in [1.82, 2.24) is 5.16 Å². The Balaban J connectivity index is 2.54. The molecule has 1 atom stereocenters. The van der Waals surface area contributed by atoms with Gasteiger partial charge >= 0.3 is 0 Å². The summed E-state index contributed by atoms with van der Waals surface area (Å²) < 4.78 is 5.10. The van der Waals surface area contributed by atoms with E-state index in [0.717, 1.165) is 16.8 Å². The van der Waals surface area contributed by atoms with Crippen molar-refractivity contribution >= 4 is 0 Å². The Kier molecular flexibility index (Phi) is 2.56. The number of hydrogen-bond donors (Lipinski definition) is 1. The molecule has 1 aromatic heterocycles. The Bertz CT molecular complexity index is 446. The molecule has 1 aromatic carbocycles. The van der Waals surface area contributed by atoms with Crippen molar-refractivity contribution in [3.63, 3.8) is 0 Å². The fraction of sp³-hybridized carbons (Fsp3) is 0.250. The van der Waals surface area contributed by atoms with Gasteiger partial charge in [-0.1, -0.05) is 35.5 Å². The molecule has 0 spiro atoms. The minimum atomic E-state index is -0.563. The Morgan fingerprint density at radius 2 is 1.93 bits per heavy atom. The molecular formula is C12H13NO2. The molecule has 0 amide bonds. The third kappa shape index (κ3) is 1.78. The first-order valence-corrected chi connectivity index (χ1v) is 4.90. The zero-order chi connectivity index (χ0) is 10.8. The molecule has 78 valence electrons. The van der Waals surface area contributed by atoms with Gasteiger partial charge in [0.1, 0.15) is 11.5 Å². The first-order valence-electron chi connectivity index (χ1n) is 4.90. The maximum absolute atomic E-state index is 9.64. The topological polar surface area (TPSA) is 46.3 Å². The number of nitrogens with zero attached hydrogens (tertiary/aromatic N) is 1. The van der Waals surface area contributed by atoms with Crippen molar-refractivity contribution < 1.29 is 9.63 Å². The molecule has 0 radical (unpaired) electrons. The van der Waals surface area contributed by atoms with Gasteiger partial charge < -0.3 is 9.63 Å². The van der Waals surface area contributed by atoms with Crippen LogP contribution in [0.4, 0.5) is 0 Å². The Labute approximate surface area is 88.3 Å². The average Bonchev–Trinajstić information content (AvgIpc) is 2.61. The quantitative estimate of drug-likeness (QED) is 0.816. The third-order valence-electron chi connectivity index (χ3n) is 2.37. The zero-order valence-corrected chi connectivity index (χ0v) is 8.77. The molecule has 1 heterocycles. The fourth-order valence-corrected chi connectivity index (χ4v) is 1.68. The van der Waals surface area contributed by atoms with Crippen molar-refractivity contribution in [2.24, 2.45) is 0 Å². The van der Waals surface area contributed by atoms with Gasteiger partial charge in [0.05, 0.1) is 11.7 Å². The van der Waals surface area contributed by atoms with Crippen molar-refractivity contribution in [3.8, 4) is 11.3 Å². The second-order valence-electron chi connectivity index (χ2n) is 3.54. The highest BCUT2D eigenvalue weighted by molar-refractivity contribution is 5.63. The van der Waals surface area contributed by atoms with Gasteiger partial charge in [0, 0.05) is 5.56 Å². The minimum absolute atomic E-state index is 0.563. The van der Waals surface area contributed by atoms with Crippen LogP contribution < -0.4 is 0 Å². The highest BCUT2D eigenvalue weighted by atomic mass is 16.5. The molecule has 1 N–H and O–H groups in total. The molecule has 0 saturated heterocycles. The highest BCUT2D eigenvalue weighted by Gasteiger charge is 2.17. The van der Waals surface area contributed by atoms with E-state index in [4.69, 9.17) is 4.52 Å². The summed E-state index contributed by atoms with van der Waals surface area (Å²) in [5, 5.41) is 13.6. The van der Waals surface area contributed by atoms with E-state index < -0.39 is 6.10 Å². The van der Waals surface area contributed by atoms with E-state index in [9.17, 15) is 5.11 Å². The summed E-state index contributed by atoms with van der Waals surface area (Å²) in [5.41, 5.74) is 2.45. The van der Waals surface area contributed by atoms with Gasteiger partial charge in [-0.3, -0.25) is 0 Å². The van der Waals surface area contributed by atoms with E-state index in [1.165, 1.54) is 0 Å². The largest absolute Gasteiger partial charge is 0.388 e. The van der Waals surface area contributed by atoms with Crippen LogP contribution in [0.3, 0.4) is 0 Å². The van der Waals surface area contributed by atoms with Crippen LogP contribution in [0.1, 0.15) is 24.4 Å². The lowest BCUT2D eigenvalue weighted by Gasteiger charge is -2.04. The standard InChI is InChI=1S/C12H13NO2/c1-8(14)11-9(2)15-13-12(11)10-6-4-3-5-7-10/h3-8,14H,1-2H3/t8-/m1/s1. The van der Waals surface area contributed by atoms with E-state index in [1.807, 2.05) is 37.3 Å². The van der Waals surface area contributed by atoms with Crippen LogP contribution in [0.5, 0.6) is 0 Å². The molecule has 3 heteroatoms. The number of aliphatic hydroxyl groups excluding tert-OH is 1. The van der Waals surface area contributed by atoms with Gasteiger partial charge in [0.25, 0.3) is 0 Å². The lowest BCUT2D eigenvalue weighted by Crippen LogP contribution is -1.94. The Hall–Kier alpha value is -1.61. The molecule has 3 nitrogen and oxygen atoms in total. The van der Waals surface area contributed by atoms with Crippen molar-refractivity contribution in [1.29, 1.82) is 0 Å². The first kappa shape index (κ1) is 9.93. The average molecular weight is 203 g/mol. The monoisotopic (exact) mass is 203 g/mol. The van der Waals surface area contributed by atoms with Crippen molar-refractivity contribution in [3.05, 3.63) is 41.7 Å². The zero-order valence-electron chi connectivity index (χ0n) is 8.77. The third-order valence-corrected chi connectivity index (χ3v) is 2.37. The second-order valence-corrected chi connectivity index (χ2v) is 3.54. The molecule has 0 aliphatic heterocycles. The van der Waals surface area contributed by atoms with Gasteiger partial charge in [-0.25, -0.2) is 0 Å². The molecule has 0 bridgehead atoms. The van der Waals surface area contributed by atoms with E-state index in [0.29, 0.717) is 5.76 Å². The summed E-state index contributed by atoms with van der Waals surface area (Å²) in [7, 11) is 0. The highest BCUT2D eigenvalue weighted by Crippen LogP contribution is 2.29. The Morgan fingerprint density at radius 1 is 1.27 bits per heavy atom. The molecular weight excluding hydrogens is 190 g/mol. The first-order chi connectivity index (χ1) is 7.20. The van der Waals surface area contributed by atoms with E-state index >= 15 is 0 Å². The number of aliphatic hydroxyl groups is 1.